The highest BCUT2D eigenvalue weighted by Gasteiger charge is 2.32. The molecule has 1 heterocycles. The smallest absolute Gasteiger partial charge is 0.228 e. The van der Waals surface area contributed by atoms with Crippen LogP contribution in [0.3, 0.4) is 0 Å². The number of carbonyl (C=O) groups excluding carboxylic acids is 2. The maximum Gasteiger partial charge on any atom is 0.228 e. The van der Waals surface area contributed by atoms with E-state index in [2.05, 4.69) is 15.9 Å². The monoisotopic (exact) mass is 341 g/mol. The molecular formula is C14H16BrNO2S. The zero-order valence-electron chi connectivity index (χ0n) is 11.2. The zero-order valence-corrected chi connectivity index (χ0v) is 13.6. The molecule has 1 unspecified atom stereocenters. The Hall–Kier alpha value is -0.810. The molecule has 2 rings (SSSR count). The number of rotatable bonds is 2. The van der Waals surface area contributed by atoms with Gasteiger partial charge in [-0.3, -0.25) is 9.59 Å². The third-order valence-corrected chi connectivity index (χ3v) is 5.39. The standard InChI is InChI=1S/C14H16BrNO2S/c1-8-4-11(5-9(2)14(8)15)16-7-12(6-13(16)18)19-10(3)17/h4-5,12H,6-7H2,1-3H3. The predicted molar refractivity (Wildman–Crippen MR) is 82.6 cm³/mol. The molecule has 0 radical (unpaired) electrons. The van der Waals surface area contributed by atoms with Crippen molar-refractivity contribution in [1.29, 1.82) is 0 Å². The van der Waals surface area contributed by atoms with E-state index < -0.39 is 0 Å². The van der Waals surface area contributed by atoms with Crippen molar-refractivity contribution >= 4 is 44.4 Å². The number of hydrogen-bond acceptors (Lipinski definition) is 3. The first-order chi connectivity index (χ1) is 8.88. The van der Waals surface area contributed by atoms with Crippen LogP contribution in [-0.2, 0) is 9.59 Å². The Labute approximate surface area is 125 Å². The zero-order chi connectivity index (χ0) is 14.2. The molecule has 1 atom stereocenters. The number of nitrogens with zero attached hydrogens (tertiary/aromatic N) is 1. The number of halogens is 1. The van der Waals surface area contributed by atoms with Crippen LogP contribution in [0.1, 0.15) is 24.5 Å². The van der Waals surface area contributed by atoms with Crippen LogP contribution in [-0.4, -0.2) is 22.8 Å². The van der Waals surface area contributed by atoms with Crippen molar-refractivity contribution in [1.82, 2.24) is 0 Å². The van der Waals surface area contributed by atoms with Gasteiger partial charge in [0, 0.05) is 35.3 Å². The summed E-state index contributed by atoms with van der Waals surface area (Å²) in [5.74, 6) is 0.0971. The van der Waals surface area contributed by atoms with Gasteiger partial charge in [0.25, 0.3) is 0 Å². The first-order valence-electron chi connectivity index (χ1n) is 6.13. The second-order valence-corrected chi connectivity index (χ2v) is 7.10. The van der Waals surface area contributed by atoms with Gasteiger partial charge in [-0.1, -0.05) is 27.7 Å². The van der Waals surface area contributed by atoms with Crippen molar-refractivity contribution in [3.05, 3.63) is 27.7 Å². The molecule has 1 aromatic carbocycles. The van der Waals surface area contributed by atoms with Gasteiger partial charge in [0.2, 0.25) is 5.91 Å². The molecule has 0 spiro atoms. The molecule has 1 saturated heterocycles. The molecule has 1 aliphatic heterocycles. The number of benzene rings is 1. The molecule has 5 heteroatoms. The fourth-order valence-electron chi connectivity index (χ4n) is 2.32. The van der Waals surface area contributed by atoms with Crippen LogP contribution in [0.4, 0.5) is 5.69 Å². The van der Waals surface area contributed by atoms with Crippen LogP contribution < -0.4 is 4.90 Å². The Morgan fingerprint density at radius 1 is 1.37 bits per heavy atom. The van der Waals surface area contributed by atoms with E-state index in [4.69, 9.17) is 0 Å². The van der Waals surface area contributed by atoms with Gasteiger partial charge in [0.05, 0.1) is 0 Å². The van der Waals surface area contributed by atoms with Crippen LogP contribution >= 0.6 is 27.7 Å². The summed E-state index contributed by atoms with van der Waals surface area (Å²) < 4.78 is 1.08. The molecule has 102 valence electrons. The minimum atomic E-state index is 0.0721. The Morgan fingerprint density at radius 3 is 2.47 bits per heavy atom. The number of anilines is 1. The maximum atomic E-state index is 12.1. The lowest BCUT2D eigenvalue weighted by molar-refractivity contribution is -0.117. The Bertz CT molecular complexity index is 521. The molecule has 0 saturated carbocycles. The number of hydrogen-bond donors (Lipinski definition) is 0. The van der Waals surface area contributed by atoms with E-state index in [-0.39, 0.29) is 16.3 Å². The first kappa shape index (κ1) is 14.6. The molecule has 1 fully saturated rings. The van der Waals surface area contributed by atoms with E-state index in [0.717, 1.165) is 21.3 Å². The molecule has 3 nitrogen and oxygen atoms in total. The summed E-state index contributed by atoms with van der Waals surface area (Å²) in [7, 11) is 0. The third-order valence-electron chi connectivity index (χ3n) is 3.16. The van der Waals surface area contributed by atoms with Gasteiger partial charge in [-0.25, -0.2) is 0 Å². The van der Waals surface area contributed by atoms with Crippen molar-refractivity contribution in [3.63, 3.8) is 0 Å². The highest BCUT2D eigenvalue weighted by Crippen LogP contribution is 2.32. The second kappa shape index (κ2) is 5.67. The summed E-state index contributed by atoms with van der Waals surface area (Å²) in [4.78, 5) is 25.0. The van der Waals surface area contributed by atoms with Crippen LogP contribution in [0, 0.1) is 13.8 Å². The summed E-state index contributed by atoms with van der Waals surface area (Å²) in [5, 5.41) is 0.150. The Kier molecular flexibility index (Phi) is 4.36. The van der Waals surface area contributed by atoms with Gasteiger partial charge >= 0.3 is 0 Å². The van der Waals surface area contributed by atoms with Gasteiger partial charge in [0.1, 0.15) is 0 Å². The molecule has 1 aliphatic rings. The average molecular weight is 342 g/mol. The molecule has 0 aromatic heterocycles. The SMILES string of the molecule is CC(=O)SC1CC(=O)N(c2cc(C)c(Br)c(C)c2)C1. The number of thioether (sulfide) groups is 1. The third kappa shape index (κ3) is 3.20. The highest BCUT2D eigenvalue weighted by atomic mass is 79.9. The topological polar surface area (TPSA) is 37.4 Å². The summed E-state index contributed by atoms with van der Waals surface area (Å²) in [6, 6.07) is 4.02. The van der Waals surface area contributed by atoms with Gasteiger partial charge in [-0.15, -0.1) is 0 Å². The van der Waals surface area contributed by atoms with Crippen molar-refractivity contribution in [3.8, 4) is 0 Å². The largest absolute Gasteiger partial charge is 0.311 e. The molecule has 0 aliphatic carbocycles. The molecule has 0 bridgehead atoms. The Morgan fingerprint density at radius 2 is 1.95 bits per heavy atom. The van der Waals surface area contributed by atoms with E-state index in [0.29, 0.717) is 13.0 Å². The minimum absolute atomic E-state index is 0.0721. The molecular weight excluding hydrogens is 326 g/mol. The van der Waals surface area contributed by atoms with E-state index in [1.165, 1.54) is 11.8 Å². The summed E-state index contributed by atoms with van der Waals surface area (Å²) in [5.41, 5.74) is 3.16. The summed E-state index contributed by atoms with van der Waals surface area (Å²) in [6.07, 6.45) is 0.443. The Balaban J connectivity index is 2.23. The van der Waals surface area contributed by atoms with Crippen LogP contribution in [0.2, 0.25) is 0 Å². The predicted octanol–water partition coefficient (Wildman–Crippen LogP) is 3.45. The van der Waals surface area contributed by atoms with Crippen LogP contribution in [0.25, 0.3) is 0 Å². The molecule has 19 heavy (non-hydrogen) atoms. The summed E-state index contributed by atoms with van der Waals surface area (Å²) >= 11 is 4.79. The minimum Gasteiger partial charge on any atom is -0.311 e. The van der Waals surface area contributed by atoms with Gasteiger partial charge in [0.15, 0.2) is 5.12 Å². The van der Waals surface area contributed by atoms with Crippen LogP contribution in [0.5, 0.6) is 0 Å². The van der Waals surface area contributed by atoms with E-state index >= 15 is 0 Å². The number of amides is 1. The molecule has 1 amide bonds. The number of aryl methyl sites for hydroxylation is 2. The van der Waals surface area contributed by atoms with Crippen molar-refractivity contribution in [2.45, 2.75) is 32.4 Å². The average Bonchev–Trinajstić information content (AvgIpc) is 2.65. The van der Waals surface area contributed by atoms with E-state index in [1.807, 2.05) is 26.0 Å². The van der Waals surface area contributed by atoms with Crippen molar-refractivity contribution < 1.29 is 9.59 Å². The lowest BCUT2D eigenvalue weighted by Gasteiger charge is -2.18. The van der Waals surface area contributed by atoms with Crippen molar-refractivity contribution in [2.75, 3.05) is 11.4 Å². The van der Waals surface area contributed by atoms with E-state index in [1.54, 1.807) is 11.8 Å². The normalized spacial score (nSPS) is 19.1. The summed E-state index contributed by atoms with van der Waals surface area (Å²) in [6.45, 7) is 6.20. The fourth-order valence-corrected chi connectivity index (χ4v) is 3.46. The first-order valence-corrected chi connectivity index (χ1v) is 7.80. The fraction of sp³-hybridized carbons (Fsp3) is 0.429. The highest BCUT2D eigenvalue weighted by molar-refractivity contribution is 9.10. The van der Waals surface area contributed by atoms with E-state index in [9.17, 15) is 9.59 Å². The molecule has 1 aromatic rings. The maximum absolute atomic E-state index is 12.1. The number of carbonyl (C=O) groups is 2. The lowest BCUT2D eigenvalue weighted by Crippen LogP contribution is -2.25. The van der Waals surface area contributed by atoms with Crippen molar-refractivity contribution in [2.24, 2.45) is 0 Å². The van der Waals surface area contributed by atoms with Gasteiger partial charge < -0.3 is 4.90 Å². The van der Waals surface area contributed by atoms with Gasteiger partial charge in [-0.2, -0.15) is 0 Å². The molecule has 0 N–H and O–H groups in total. The quantitative estimate of drug-likeness (QED) is 0.826. The van der Waals surface area contributed by atoms with Gasteiger partial charge in [-0.05, 0) is 37.1 Å². The second-order valence-electron chi connectivity index (χ2n) is 4.83. The lowest BCUT2D eigenvalue weighted by atomic mass is 10.1. The van der Waals surface area contributed by atoms with Crippen LogP contribution in [0.15, 0.2) is 16.6 Å².